The maximum Gasteiger partial charge on any atom is 0.261 e. The highest BCUT2D eigenvalue weighted by molar-refractivity contribution is 7.92. The van der Waals surface area contributed by atoms with E-state index < -0.39 is 10.0 Å². The number of ether oxygens (including phenoxy) is 1. The molecule has 5 aromatic rings. The van der Waals surface area contributed by atoms with Crippen molar-refractivity contribution >= 4 is 48.9 Å². The van der Waals surface area contributed by atoms with Gasteiger partial charge in [-0.3, -0.25) is 4.72 Å². The van der Waals surface area contributed by atoms with Crippen molar-refractivity contribution in [3.8, 4) is 27.5 Å². The maximum absolute atomic E-state index is 13.3. The van der Waals surface area contributed by atoms with Crippen LogP contribution in [0.2, 0.25) is 5.02 Å². The number of thiophene rings is 1. The molecule has 0 saturated heterocycles. The zero-order valence-electron chi connectivity index (χ0n) is 18.2. The van der Waals surface area contributed by atoms with Crippen LogP contribution < -0.4 is 9.46 Å². The van der Waals surface area contributed by atoms with E-state index in [4.69, 9.17) is 25.7 Å². The van der Waals surface area contributed by atoms with E-state index in [-0.39, 0.29) is 4.90 Å². The number of furan rings is 1. The molecule has 3 aromatic heterocycles. The summed E-state index contributed by atoms with van der Waals surface area (Å²) in [6, 6.07) is 19.2. The highest BCUT2D eigenvalue weighted by Gasteiger charge is 2.24. The maximum atomic E-state index is 13.3. The van der Waals surface area contributed by atoms with Crippen molar-refractivity contribution in [2.24, 2.45) is 0 Å². The quantitative estimate of drug-likeness (QED) is 0.266. The van der Waals surface area contributed by atoms with E-state index in [2.05, 4.69) is 4.72 Å². The summed E-state index contributed by atoms with van der Waals surface area (Å²) in [4.78, 5) is 6.31. The van der Waals surface area contributed by atoms with Crippen LogP contribution in [0.3, 0.4) is 0 Å². The predicted molar refractivity (Wildman–Crippen MR) is 136 cm³/mol. The molecule has 0 atom stereocenters. The van der Waals surface area contributed by atoms with Crippen LogP contribution in [0.15, 0.2) is 82.3 Å². The first-order valence-corrected chi connectivity index (χ1v) is 12.9. The number of aryl methyl sites for hydroxylation is 1. The normalized spacial score (nSPS) is 11.6. The Morgan fingerprint density at radius 3 is 2.62 bits per heavy atom. The van der Waals surface area contributed by atoms with Gasteiger partial charge in [0.25, 0.3) is 10.0 Å². The van der Waals surface area contributed by atoms with Crippen molar-refractivity contribution in [3.63, 3.8) is 0 Å². The van der Waals surface area contributed by atoms with E-state index in [0.717, 1.165) is 16.0 Å². The lowest BCUT2D eigenvalue weighted by Crippen LogP contribution is -2.13. The Bertz CT molecular complexity index is 1610. The molecule has 0 spiro atoms. The van der Waals surface area contributed by atoms with E-state index in [1.807, 2.05) is 43.3 Å². The molecule has 9 heteroatoms. The third kappa shape index (κ3) is 4.16. The summed E-state index contributed by atoms with van der Waals surface area (Å²) in [6.45, 7) is 1.83. The molecule has 3 heterocycles. The Labute approximate surface area is 205 Å². The average molecular weight is 511 g/mol. The fourth-order valence-corrected chi connectivity index (χ4v) is 6.37. The molecule has 0 radical (unpaired) electrons. The van der Waals surface area contributed by atoms with E-state index in [9.17, 15) is 8.42 Å². The molecule has 2 aromatic carbocycles. The van der Waals surface area contributed by atoms with Crippen LogP contribution in [0.4, 0.5) is 5.69 Å². The average Bonchev–Trinajstić information content (AvgIpc) is 3.47. The molecule has 0 aliphatic heterocycles. The summed E-state index contributed by atoms with van der Waals surface area (Å²) in [5, 5.41) is 1.02. The number of rotatable bonds is 6. The molecule has 0 fully saturated rings. The van der Waals surface area contributed by atoms with Crippen molar-refractivity contribution in [2.75, 3.05) is 11.8 Å². The monoisotopic (exact) mass is 510 g/mol. The Morgan fingerprint density at radius 2 is 1.88 bits per heavy atom. The van der Waals surface area contributed by atoms with Crippen molar-refractivity contribution in [1.29, 1.82) is 0 Å². The van der Waals surface area contributed by atoms with Gasteiger partial charge in [-0.1, -0.05) is 29.8 Å². The fraction of sp³-hybridized carbons (Fsp3) is 0.0800. The SMILES string of the molecule is COc1cccc(-c2c(-c3ccco3)sc3nc(C)cc(NS(=O)(=O)c4cccc(Cl)c4)c23)c1. The summed E-state index contributed by atoms with van der Waals surface area (Å²) in [5.41, 5.74) is 2.77. The Kier molecular flexibility index (Phi) is 5.81. The molecular formula is C25H19ClN2O4S2. The topological polar surface area (TPSA) is 81.4 Å². The number of fused-ring (bicyclic) bond motifs is 1. The fourth-order valence-electron chi connectivity index (χ4n) is 3.77. The van der Waals surface area contributed by atoms with Crippen LogP contribution in [0, 0.1) is 6.92 Å². The second-order valence-corrected chi connectivity index (χ2v) is 10.7. The van der Waals surface area contributed by atoms with Gasteiger partial charge in [0.05, 0.1) is 28.8 Å². The van der Waals surface area contributed by atoms with Gasteiger partial charge in [0, 0.05) is 21.7 Å². The van der Waals surface area contributed by atoms with E-state index in [0.29, 0.717) is 38.1 Å². The third-order valence-corrected chi connectivity index (χ3v) is 7.94. The summed E-state index contributed by atoms with van der Waals surface area (Å²) in [5.74, 6) is 1.35. The zero-order valence-corrected chi connectivity index (χ0v) is 20.6. The first kappa shape index (κ1) is 22.5. The minimum Gasteiger partial charge on any atom is -0.497 e. The Morgan fingerprint density at radius 1 is 1.06 bits per heavy atom. The second kappa shape index (κ2) is 8.79. The first-order valence-electron chi connectivity index (χ1n) is 10.3. The number of nitrogens with one attached hydrogen (secondary N) is 1. The zero-order chi connectivity index (χ0) is 23.9. The molecule has 1 N–H and O–H groups in total. The van der Waals surface area contributed by atoms with Gasteiger partial charge in [0.15, 0.2) is 0 Å². The van der Waals surface area contributed by atoms with Crippen LogP contribution >= 0.6 is 22.9 Å². The summed E-state index contributed by atoms with van der Waals surface area (Å²) in [6.07, 6.45) is 1.61. The lowest BCUT2D eigenvalue weighted by molar-refractivity contribution is 0.415. The highest BCUT2D eigenvalue weighted by Crippen LogP contribution is 2.48. The first-order chi connectivity index (χ1) is 16.4. The number of hydrogen-bond acceptors (Lipinski definition) is 6. The molecular weight excluding hydrogens is 492 g/mol. The third-order valence-electron chi connectivity index (χ3n) is 5.24. The molecule has 0 amide bonds. The number of halogens is 1. The van der Waals surface area contributed by atoms with Crippen molar-refractivity contribution in [2.45, 2.75) is 11.8 Å². The van der Waals surface area contributed by atoms with Gasteiger partial charge in [-0.25, -0.2) is 13.4 Å². The van der Waals surface area contributed by atoms with Crippen LogP contribution in [-0.4, -0.2) is 20.5 Å². The van der Waals surface area contributed by atoms with Gasteiger partial charge in [-0.05, 0) is 61.0 Å². The Hall–Kier alpha value is -3.33. The molecule has 0 saturated carbocycles. The van der Waals surface area contributed by atoms with Crippen LogP contribution in [0.25, 0.3) is 32.0 Å². The van der Waals surface area contributed by atoms with Crippen LogP contribution in [-0.2, 0) is 10.0 Å². The second-order valence-electron chi connectivity index (χ2n) is 7.57. The van der Waals surface area contributed by atoms with E-state index >= 15 is 0 Å². The van der Waals surface area contributed by atoms with Gasteiger partial charge in [-0.2, -0.15) is 0 Å². The van der Waals surface area contributed by atoms with E-state index in [1.54, 1.807) is 31.6 Å². The number of hydrogen-bond donors (Lipinski definition) is 1. The van der Waals surface area contributed by atoms with E-state index in [1.165, 1.54) is 23.5 Å². The van der Waals surface area contributed by atoms with Crippen LogP contribution in [0.1, 0.15) is 5.69 Å². The molecule has 0 unspecified atom stereocenters. The van der Waals surface area contributed by atoms with Gasteiger partial charge in [0.2, 0.25) is 0 Å². The van der Waals surface area contributed by atoms with Crippen molar-refractivity contribution in [1.82, 2.24) is 4.98 Å². The number of pyridine rings is 1. The molecule has 34 heavy (non-hydrogen) atoms. The lowest BCUT2D eigenvalue weighted by atomic mass is 10.0. The van der Waals surface area contributed by atoms with Gasteiger partial charge in [-0.15, -0.1) is 11.3 Å². The van der Waals surface area contributed by atoms with Gasteiger partial charge < -0.3 is 9.15 Å². The number of nitrogens with zero attached hydrogens (tertiary/aromatic N) is 1. The number of methoxy groups -OCH3 is 1. The van der Waals surface area contributed by atoms with Crippen LogP contribution in [0.5, 0.6) is 5.75 Å². The number of anilines is 1. The Balaban J connectivity index is 1.78. The molecule has 0 aliphatic carbocycles. The molecule has 0 bridgehead atoms. The largest absolute Gasteiger partial charge is 0.497 e. The molecule has 5 rings (SSSR count). The summed E-state index contributed by atoms with van der Waals surface area (Å²) in [7, 11) is -2.30. The minimum absolute atomic E-state index is 0.0760. The van der Waals surface area contributed by atoms with Crippen molar-refractivity contribution in [3.05, 3.63) is 83.7 Å². The standard InChI is InChI=1S/C25H19ClN2O4S2/c1-15-12-20(28-34(29,30)19-9-4-7-17(26)14-19)23-22(16-6-3-8-18(13-16)31-2)24(33-25(23)27-15)21-10-5-11-32-21/h3-14H,1-2H3,(H,27,28). The van der Waals surface area contributed by atoms with Gasteiger partial charge in [0.1, 0.15) is 16.3 Å². The lowest BCUT2D eigenvalue weighted by Gasteiger charge is -2.13. The minimum atomic E-state index is -3.91. The highest BCUT2D eigenvalue weighted by atomic mass is 35.5. The number of aromatic nitrogens is 1. The molecule has 6 nitrogen and oxygen atoms in total. The molecule has 172 valence electrons. The molecule has 0 aliphatic rings. The van der Waals surface area contributed by atoms with Gasteiger partial charge >= 0.3 is 0 Å². The predicted octanol–water partition coefficient (Wildman–Crippen LogP) is 6.99. The summed E-state index contributed by atoms with van der Waals surface area (Å²) >= 11 is 7.49. The number of sulfonamides is 1. The smallest absolute Gasteiger partial charge is 0.261 e. The number of benzene rings is 2. The van der Waals surface area contributed by atoms with Crippen molar-refractivity contribution < 1.29 is 17.6 Å². The summed E-state index contributed by atoms with van der Waals surface area (Å²) < 4.78 is 40.5.